The number of hydrogen-bond donors (Lipinski definition) is 2. The van der Waals surface area contributed by atoms with Crippen molar-refractivity contribution in [1.82, 2.24) is 15.2 Å². The van der Waals surface area contributed by atoms with E-state index in [-0.39, 0.29) is 12.1 Å². The monoisotopic (exact) mass is 284 g/mol. The average molecular weight is 285 g/mol. The topological polar surface area (TPSA) is 55.9 Å². The summed E-state index contributed by atoms with van der Waals surface area (Å²) in [6.45, 7) is 4.15. The molecule has 2 rings (SSSR count). The fourth-order valence-electron chi connectivity index (χ4n) is 1.95. The molecule has 1 atom stereocenters. The smallest absolute Gasteiger partial charge is 0.0834 e. The minimum atomic E-state index is -0.0268. The highest BCUT2D eigenvalue weighted by Crippen LogP contribution is 2.28. The third-order valence-corrected chi connectivity index (χ3v) is 3.98. The van der Waals surface area contributed by atoms with Gasteiger partial charge in [-0.15, -0.1) is 11.3 Å². The van der Waals surface area contributed by atoms with E-state index in [1.54, 1.807) is 17.5 Å². The lowest BCUT2D eigenvalue weighted by atomic mass is 10.1. The van der Waals surface area contributed by atoms with Gasteiger partial charge in [0.1, 0.15) is 0 Å². The standard InChI is InChI=1S/C12H17ClN4S/c1-8(2)17-12(10(13)7-15-17)11(16-14)6-9-4-3-5-18-9/h3-5,7-8,11,16H,6,14H2,1-2H3. The highest BCUT2D eigenvalue weighted by Gasteiger charge is 2.21. The fourth-order valence-corrected chi connectivity index (χ4v) is 2.97. The normalized spacial score (nSPS) is 13.2. The minimum absolute atomic E-state index is 0.0268. The van der Waals surface area contributed by atoms with Gasteiger partial charge in [-0.3, -0.25) is 16.0 Å². The predicted octanol–water partition coefficient (Wildman–Crippen LogP) is 2.93. The largest absolute Gasteiger partial charge is 0.271 e. The maximum Gasteiger partial charge on any atom is 0.0834 e. The molecule has 2 aromatic rings. The molecule has 0 fully saturated rings. The predicted molar refractivity (Wildman–Crippen MR) is 75.7 cm³/mol. The Morgan fingerprint density at radius 3 is 2.89 bits per heavy atom. The minimum Gasteiger partial charge on any atom is -0.271 e. The molecule has 0 aliphatic carbocycles. The van der Waals surface area contributed by atoms with E-state index in [9.17, 15) is 0 Å². The highest BCUT2D eigenvalue weighted by atomic mass is 35.5. The zero-order chi connectivity index (χ0) is 13.1. The first-order valence-electron chi connectivity index (χ1n) is 5.85. The van der Waals surface area contributed by atoms with E-state index in [4.69, 9.17) is 17.4 Å². The summed E-state index contributed by atoms with van der Waals surface area (Å²) in [6, 6.07) is 4.36. The van der Waals surface area contributed by atoms with Crippen LogP contribution >= 0.6 is 22.9 Å². The van der Waals surface area contributed by atoms with Gasteiger partial charge in [-0.05, 0) is 25.3 Å². The first kappa shape index (κ1) is 13.5. The zero-order valence-corrected chi connectivity index (χ0v) is 12.0. The van der Waals surface area contributed by atoms with E-state index < -0.39 is 0 Å². The van der Waals surface area contributed by atoms with Gasteiger partial charge in [-0.25, -0.2) is 0 Å². The van der Waals surface area contributed by atoms with Crippen molar-refractivity contribution in [3.63, 3.8) is 0 Å². The van der Waals surface area contributed by atoms with Crippen LogP contribution in [0.15, 0.2) is 23.7 Å². The Balaban J connectivity index is 2.29. The number of nitrogens with one attached hydrogen (secondary N) is 1. The quantitative estimate of drug-likeness (QED) is 0.656. The van der Waals surface area contributed by atoms with Crippen molar-refractivity contribution in [2.75, 3.05) is 0 Å². The van der Waals surface area contributed by atoms with Crippen molar-refractivity contribution in [1.29, 1.82) is 0 Å². The second kappa shape index (κ2) is 5.84. The summed E-state index contributed by atoms with van der Waals surface area (Å²) < 4.78 is 1.92. The van der Waals surface area contributed by atoms with Gasteiger partial charge in [0.25, 0.3) is 0 Å². The van der Waals surface area contributed by atoms with Crippen molar-refractivity contribution in [3.8, 4) is 0 Å². The van der Waals surface area contributed by atoms with E-state index in [0.717, 1.165) is 12.1 Å². The Morgan fingerprint density at radius 1 is 1.56 bits per heavy atom. The number of halogens is 1. The van der Waals surface area contributed by atoms with E-state index in [1.807, 2.05) is 10.7 Å². The van der Waals surface area contributed by atoms with Gasteiger partial charge in [-0.2, -0.15) is 5.10 Å². The lowest BCUT2D eigenvalue weighted by molar-refractivity contribution is 0.449. The Morgan fingerprint density at radius 2 is 2.33 bits per heavy atom. The Labute approximate surface area is 116 Å². The molecule has 1 unspecified atom stereocenters. The molecule has 0 aromatic carbocycles. The molecule has 0 amide bonds. The number of aromatic nitrogens is 2. The summed E-state index contributed by atoms with van der Waals surface area (Å²) in [6.07, 6.45) is 2.49. The summed E-state index contributed by atoms with van der Waals surface area (Å²) in [5.74, 6) is 5.67. The van der Waals surface area contributed by atoms with Crippen LogP contribution in [-0.2, 0) is 6.42 Å². The Hall–Kier alpha value is -0.880. The third-order valence-electron chi connectivity index (χ3n) is 2.79. The van der Waals surface area contributed by atoms with Crippen LogP contribution < -0.4 is 11.3 Å². The summed E-state index contributed by atoms with van der Waals surface area (Å²) in [5, 5.41) is 7.02. The number of hydrogen-bond acceptors (Lipinski definition) is 4. The maximum atomic E-state index is 6.23. The second-order valence-electron chi connectivity index (χ2n) is 4.42. The van der Waals surface area contributed by atoms with Crippen LogP contribution in [0.4, 0.5) is 0 Å². The molecule has 0 bridgehead atoms. The summed E-state index contributed by atoms with van der Waals surface area (Å²) in [4.78, 5) is 1.27. The van der Waals surface area contributed by atoms with Crippen molar-refractivity contribution in [2.45, 2.75) is 32.4 Å². The molecule has 6 heteroatoms. The first-order valence-corrected chi connectivity index (χ1v) is 7.10. The summed E-state index contributed by atoms with van der Waals surface area (Å²) in [7, 11) is 0. The second-order valence-corrected chi connectivity index (χ2v) is 5.86. The van der Waals surface area contributed by atoms with Crippen molar-refractivity contribution >= 4 is 22.9 Å². The van der Waals surface area contributed by atoms with E-state index in [0.29, 0.717) is 5.02 Å². The lowest BCUT2D eigenvalue weighted by Gasteiger charge is -2.19. The summed E-state index contributed by atoms with van der Waals surface area (Å²) >= 11 is 7.94. The van der Waals surface area contributed by atoms with Gasteiger partial charge in [-0.1, -0.05) is 17.7 Å². The zero-order valence-electron chi connectivity index (χ0n) is 10.4. The molecule has 0 spiro atoms. The Bertz CT molecular complexity index is 492. The van der Waals surface area contributed by atoms with Crippen LogP contribution in [0.25, 0.3) is 0 Å². The van der Waals surface area contributed by atoms with Crippen molar-refractivity contribution in [2.24, 2.45) is 5.84 Å². The molecule has 98 valence electrons. The summed E-state index contributed by atoms with van der Waals surface area (Å²) in [5.41, 5.74) is 3.79. The number of hydrazine groups is 1. The molecule has 0 radical (unpaired) electrons. The molecule has 0 saturated carbocycles. The molecule has 2 aromatic heterocycles. The molecule has 18 heavy (non-hydrogen) atoms. The molecule has 0 saturated heterocycles. The molecule has 3 N–H and O–H groups in total. The molecular weight excluding hydrogens is 268 g/mol. The maximum absolute atomic E-state index is 6.23. The SMILES string of the molecule is CC(C)n1ncc(Cl)c1C(Cc1cccs1)NN. The van der Waals surface area contributed by atoms with Crippen LogP contribution in [0.1, 0.15) is 36.5 Å². The van der Waals surface area contributed by atoms with Gasteiger partial charge in [0, 0.05) is 17.3 Å². The number of nitrogens with two attached hydrogens (primary N) is 1. The molecule has 2 heterocycles. The van der Waals surface area contributed by atoms with Gasteiger partial charge >= 0.3 is 0 Å². The van der Waals surface area contributed by atoms with Crippen LogP contribution in [0.2, 0.25) is 5.02 Å². The first-order chi connectivity index (χ1) is 8.63. The fraction of sp³-hybridized carbons (Fsp3) is 0.417. The van der Waals surface area contributed by atoms with Crippen LogP contribution in [0, 0.1) is 0 Å². The van der Waals surface area contributed by atoms with Crippen molar-refractivity contribution < 1.29 is 0 Å². The lowest BCUT2D eigenvalue weighted by Crippen LogP contribution is -2.31. The van der Waals surface area contributed by atoms with Crippen LogP contribution in [-0.4, -0.2) is 9.78 Å². The van der Waals surface area contributed by atoms with E-state index in [2.05, 4.69) is 35.8 Å². The number of nitrogens with zero attached hydrogens (tertiary/aromatic N) is 2. The molecule has 4 nitrogen and oxygen atoms in total. The third kappa shape index (κ3) is 2.75. The van der Waals surface area contributed by atoms with Gasteiger partial charge in [0.05, 0.1) is 23.0 Å². The molecule has 0 aliphatic rings. The van der Waals surface area contributed by atoms with Crippen molar-refractivity contribution in [3.05, 3.63) is 39.3 Å². The highest BCUT2D eigenvalue weighted by molar-refractivity contribution is 7.09. The van der Waals surface area contributed by atoms with E-state index in [1.165, 1.54) is 4.88 Å². The van der Waals surface area contributed by atoms with E-state index >= 15 is 0 Å². The molecule has 0 aliphatic heterocycles. The average Bonchev–Trinajstić information content (AvgIpc) is 2.95. The van der Waals surface area contributed by atoms with Crippen LogP contribution in [0.3, 0.4) is 0 Å². The van der Waals surface area contributed by atoms with Gasteiger partial charge in [0.15, 0.2) is 0 Å². The van der Waals surface area contributed by atoms with Gasteiger partial charge in [0.2, 0.25) is 0 Å². The Kier molecular flexibility index (Phi) is 4.40. The van der Waals surface area contributed by atoms with Gasteiger partial charge < -0.3 is 0 Å². The number of rotatable bonds is 5. The molecular formula is C12H17ClN4S. The number of thiophene rings is 1. The van der Waals surface area contributed by atoms with Crippen LogP contribution in [0.5, 0.6) is 0 Å².